The summed E-state index contributed by atoms with van der Waals surface area (Å²) in [7, 11) is 3.13. The molecule has 1 heterocycles. The van der Waals surface area contributed by atoms with E-state index in [1.54, 1.807) is 44.4 Å². The molecule has 0 aliphatic carbocycles. The van der Waals surface area contributed by atoms with Crippen LogP contribution in [0.5, 0.6) is 0 Å². The molecule has 3 rings (SSSR count). The highest BCUT2D eigenvalue weighted by atomic mass is 35.5. The van der Waals surface area contributed by atoms with Gasteiger partial charge in [0.05, 0.1) is 0 Å². The minimum absolute atomic E-state index is 0.206. The van der Waals surface area contributed by atoms with Crippen molar-refractivity contribution in [3.63, 3.8) is 0 Å². The third kappa shape index (κ3) is 3.39. The molecule has 6 heteroatoms. The first-order valence-electron chi connectivity index (χ1n) is 7.88. The Morgan fingerprint density at radius 2 is 1.23 bits per heavy atom. The Labute approximate surface area is 159 Å². The van der Waals surface area contributed by atoms with Gasteiger partial charge < -0.3 is 9.13 Å². The van der Waals surface area contributed by atoms with E-state index in [0.717, 1.165) is 5.56 Å². The smallest absolute Gasteiger partial charge is 0.274 e. The lowest BCUT2D eigenvalue weighted by Gasteiger charge is -2.06. The normalized spacial score (nSPS) is 12.6. The van der Waals surface area contributed by atoms with Gasteiger partial charge >= 0.3 is 0 Å². The molecular formula is C20H16Cl2N2O2. The van der Waals surface area contributed by atoms with Crippen molar-refractivity contribution in [1.82, 2.24) is 9.13 Å². The van der Waals surface area contributed by atoms with Gasteiger partial charge in [0, 0.05) is 29.7 Å². The molecule has 132 valence electrons. The number of rotatable bonds is 2. The summed E-state index contributed by atoms with van der Waals surface area (Å²) >= 11 is 12.4. The second kappa shape index (κ2) is 7.36. The zero-order valence-electron chi connectivity index (χ0n) is 14.2. The highest BCUT2D eigenvalue weighted by Gasteiger charge is 2.08. The second-order valence-corrected chi connectivity index (χ2v) is 6.65. The van der Waals surface area contributed by atoms with Crippen molar-refractivity contribution in [2.24, 2.45) is 14.1 Å². The fraction of sp³-hybridized carbons (Fsp3) is 0.100. The van der Waals surface area contributed by atoms with Crippen LogP contribution in [0.1, 0.15) is 11.1 Å². The first-order chi connectivity index (χ1) is 12.4. The van der Waals surface area contributed by atoms with E-state index in [1.807, 2.05) is 30.3 Å². The first kappa shape index (κ1) is 18.2. The Hall–Kier alpha value is -2.56. The van der Waals surface area contributed by atoms with E-state index in [2.05, 4.69) is 0 Å². The highest BCUT2D eigenvalue weighted by molar-refractivity contribution is 6.37. The number of nitrogens with zero attached hydrogens (tertiary/aromatic N) is 2. The zero-order valence-corrected chi connectivity index (χ0v) is 15.8. The minimum Gasteiger partial charge on any atom is -0.305 e. The third-order valence-corrected chi connectivity index (χ3v) is 4.81. The molecule has 0 saturated heterocycles. The van der Waals surface area contributed by atoms with Crippen molar-refractivity contribution in [1.29, 1.82) is 0 Å². The summed E-state index contributed by atoms with van der Waals surface area (Å²) in [6, 6.07) is 14.4. The van der Waals surface area contributed by atoms with E-state index >= 15 is 0 Å². The highest BCUT2D eigenvalue weighted by Crippen LogP contribution is 2.24. The summed E-state index contributed by atoms with van der Waals surface area (Å²) in [6.45, 7) is 0. The number of aromatic nitrogens is 2. The quantitative estimate of drug-likeness (QED) is 0.676. The van der Waals surface area contributed by atoms with E-state index < -0.39 is 0 Å². The zero-order chi connectivity index (χ0) is 18.8. The van der Waals surface area contributed by atoms with Crippen LogP contribution in [-0.4, -0.2) is 9.13 Å². The Balaban J connectivity index is 2.36. The van der Waals surface area contributed by atoms with Crippen LogP contribution < -0.4 is 21.8 Å². The first-order valence-corrected chi connectivity index (χ1v) is 8.64. The predicted molar refractivity (Wildman–Crippen MR) is 106 cm³/mol. The maximum Gasteiger partial charge on any atom is 0.274 e. The van der Waals surface area contributed by atoms with Gasteiger partial charge in [0.15, 0.2) is 0 Å². The lowest BCUT2D eigenvalue weighted by molar-refractivity contribution is 0.696. The number of hydrogen-bond acceptors (Lipinski definition) is 2. The van der Waals surface area contributed by atoms with Crippen molar-refractivity contribution >= 4 is 35.4 Å². The van der Waals surface area contributed by atoms with Gasteiger partial charge in [-0.1, -0.05) is 59.6 Å². The van der Waals surface area contributed by atoms with Crippen LogP contribution in [0.15, 0.2) is 58.1 Å². The van der Waals surface area contributed by atoms with Crippen molar-refractivity contribution in [2.45, 2.75) is 0 Å². The number of benzene rings is 2. The Morgan fingerprint density at radius 3 is 1.77 bits per heavy atom. The molecule has 26 heavy (non-hydrogen) atoms. The lowest BCUT2D eigenvalue weighted by atomic mass is 10.2. The third-order valence-electron chi connectivity index (χ3n) is 4.15. The van der Waals surface area contributed by atoms with E-state index in [9.17, 15) is 9.59 Å². The summed E-state index contributed by atoms with van der Waals surface area (Å²) in [5.74, 6) is 0. The van der Waals surface area contributed by atoms with Gasteiger partial charge in [-0.3, -0.25) is 9.59 Å². The second-order valence-electron chi connectivity index (χ2n) is 5.83. The monoisotopic (exact) mass is 386 g/mol. The Kier molecular flexibility index (Phi) is 5.16. The van der Waals surface area contributed by atoms with Gasteiger partial charge in [-0.2, -0.15) is 0 Å². The summed E-state index contributed by atoms with van der Waals surface area (Å²) in [6.07, 6.45) is 3.23. The summed E-state index contributed by atoms with van der Waals surface area (Å²) in [4.78, 5) is 25.7. The molecule has 0 unspecified atom stereocenters. The van der Waals surface area contributed by atoms with E-state index in [-0.39, 0.29) is 16.5 Å². The van der Waals surface area contributed by atoms with E-state index in [4.69, 9.17) is 23.2 Å². The van der Waals surface area contributed by atoms with Crippen LogP contribution in [0, 0.1) is 0 Å². The van der Waals surface area contributed by atoms with Gasteiger partial charge in [0.2, 0.25) is 0 Å². The van der Waals surface area contributed by atoms with Gasteiger partial charge in [0.25, 0.3) is 11.1 Å². The van der Waals surface area contributed by atoms with Crippen LogP contribution in [0.4, 0.5) is 0 Å². The van der Waals surface area contributed by atoms with Crippen molar-refractivity contribution in [2.75, 3.05) is 0 Å². The molecule has 0 atom stereocenters. The van der Waals surface area contributed by atoms with Crippen LogP contribution in [0.25, 0.3) is 12.2 Å². The molecule has 0 radical (unpaired) electrons. The SMILES string of the molecule is Cn1c(=O)/c(=C/c2c(Cl)cccc2Cl)n(C)c(=O)/c1=C/c1ccccc1. The topological polar surface area (TPSA) is 44.0 Å². The predicted octanol–water partition coefficient (Wildman–Crippen LogP) is 2.05. The van der Waals surface area contributed by atoms with E-state index in [1.165, 1.54) is 9.13 Å². The minimum atomic E-state index is -0.315. The molecule has 0 saturated carbocycles. The average molecular weight is 387 g/mol. The van der Waals surface area contributed by atoms with Crippen LogP contribution in [0.2, 0.25) is 10.0 Å². The number of halogens is 2. The molecule has 0 aliphatic rings. The summed E-state index contributed by atoms with van der Waals surface area (Å²) in [5, 5.41) is 1.32. The van der Waals surface area contributed by atoms with Gasteiger partial charge in [0.1, 0.15) is 10.7 Å². The average Bonchev–Trinajstić information content (AvgIpc) is 2.64. The molecule has 3 aromatic rings. The molecule has 4 nitrogen and oxygen atoms in total. The molecule has 0 aliphatic heterocycles. The van der Waals surface area contributed by atoms with Crippen LogP contribution in [0.3, 0.4) is 0 Å². The van der Waals surface area contributed by atoms with E-state index in [0.29, 0.717) is 21.0 Å². The van der Waals surface area contributed by atoms with Gasteiger partial charge in [-0.15, -0.1) is 0 Å². The molecule has 1 aromatic heterocycles. The molecule has 0 spiro atoms. The standard InChI is InChI=1S/C20H16Cl2N2O2/c1-23-17(11-13-7-4-3-5-8-13)19(25)24(2)18(20(23)26)12-14-15(21)9-6-10-16(14)22/h3-12H,1-2H3/b17-11-,18-12-. The fourth-order valence-electron chi connectivity index (χ4n) is 2.66. The van der Waals surface area contributed by atoms with Crippen molar-refractivity contribution < 1.29 is 0 Å². The molecule has 0 fully saturated rings. The van der Waals surface area contributed by atoms with Gasteiger partial charge in [-0.05, 0) is 29.8 Å². The summed E-state index contributed by atoms with van der Waals surface area (Å²) in [5.41, 5.74) is 0.740. The Morgan fingerprint density at radius 1 is 0.731 bits per heavy atom. The maximum absolute atomic E-state index is 12.8. The largest absolute Gasteiger partial charge is 0.305 e. The molecule has 2 aromatic carbocycles. The Bertz CT molecular complexity index is 1190. The molecule has 0 bridgehead atoms. The number of hydrogen-bond donors (Lipinski definition) is 0. The molecular weight excluding hydrogens is 371 g/mol. The summed E-state index contributed by atoms with van der Waals surface area (Å²) < 4.78 is 2.66. The van der Waals surface area contributed by atoms with Crippen LogP contribution in [-0.2, 0) is 14.1 Å². The molecule has 0 amide bonds. The van der Waals surface area contributed by atoms with Crippen molar-refractivity contribution in [3.05, 3.63) is 101 Å². The van der Waals surface area contributed by atoms with Gasteiger partial charge in [-0.25, -0.2) is 0 Å². The van der Waals surface area contributed by atoms with Crippen LogP contribution >= 0.6 is 23.2 Å². The molecule has 0 N–H and O–H groups in total. The lowest BCUT2D eigenvalue weighted by Crippen LogP contribution is -2.56. The fourth-order valence-corrected chi connectivity index (χ4v) is 3.17. The maximum atomic E-state index is 12.8. The van der Waals surface area contributed by atoms with Crippen molar-refractivity contribution in [3.8, 4) is 0 Å².